The zero-order chi connectivity index (χ0) is 22.2. The van der Waals surface area contributed by atoms with Gasteiger partial charge < -0.3 is 14.4 Å². The molecule has 2 bridgehead atoms. The van der Waals surface area contributed by atoms with Crippen molar-refractivity contribution in [3.63, 3.8) is 0 Å². The van der Waals surface area contributed by atoms with Crippen molar-refractivity contribution < 1.29 is 18.7 Å². The number of nitrogens with one attached hydrogen (secondary N) is 1. The molecular formula is C24H26FN3O4. The van der Waals surface area contributed by atoms with Gasteiger partial charge in [0.2, 0.25) is 5.91 Å². The molecule has 32 heavy (non-hydrogen) atoms. The summed E-state index contributed by atoms with van der Waals surface area (Å²) < 4.78 is 27.0. The van der Waals surface area contributed by atoms with Crippen molar-refractivity contribution >= 4 is 11.6 Å². The zero-order valence-electron chi connectivity index (χ0n) is 18.2. The van der Waals surface area contributed by atoms with Crippen LogP contribution in [-0.4, -0.2) is 40.1 Å². The van der Waals surface area contributed by atoms with E-state index in [0.29, 0.717) is 12.8 Å². The van der Waals surface area contributed by atoms with Crippen molar-refractivity contribution in [3.05, 3.63) is 56.8 Å². The molecule has 1 amide bonds. The Morgan fingerprint density at radius 1 is 1.16 bits per heavy atom. The molecule has 8 heteroatoms. The topological polar surface area (TPSA) is 84.5 Å². The Hall–Kier alpha value is -2.58. The van der Waals surface area contributed by atoms with Gasteiger partial charge in [0.05, 0.1) is 23.3 Å². The predicted molar refractivity (Wildman–Crippen MR) is 114 cm³/mol. The molecule has 4 atom stereocenters. The maximum Gasteiger partial charge on any atom is 0.267 e. The van der Waals surface area contributed by atoms with Crippen molar-refractivity contribution in [2.75, 3.05) is 4.90 Å². The van der Waals surface area contributed by atoms with Crippen LogP contribution < -0.4 is 10.5 Å². The van der Waals surface area contributed by atoms with Crippen molar-refractivity contribution in [1.82, 2.24) is 10.2 Å². The van der Waals surface area contributed by atoms with Gasteiger partial charge in [0, 0.05) is 12.0 Å². The van der Waals surface area contributed by atoms with Gasteiger partial charge in [-0.3, -0.25) is 9.59 Å². The molecule has 168 valence electrons. The van der Waals surface area contributed by atoms with E-state index in [9.17, 15) is 14.0 Å². The lowest BCUT2D eigenvalue weighted by atomic mass is 9.90. The highest BCUT2D eigenvalue weighted by atomic mass is 19.1. The first-order valence-corrected chi connectivity index (χ1v) is 11.4. The molecule has 6 rings (SSSR count). The number of halogens is 1. The molecular weight excluding hydrogens is 413 g/mol. The lowest BCUT2D eigenvalue weighted by Gasteiger charge is -2.33. The fraction of sp³-hybridized carbons (Fsp3) is 0.542. The number of carbonyl (C=O) groups is 1. The number of aromatic nitrogens is 2. The number of nitrogens with zero attached hydrogens (tertiary/aromatic N) is 2. The zero-order valence-corrected chi connectivity index (χ0v) is 18.2. The molecule has 2 saturated heterocycles. The Morgan fingerprint density at radius 2 is 1.91 bits per heavy atom. The minimum absolute atomic E-state index is 0.104. The van der Waals surface area contributed by atoms with Gasteiger partial charge >= 0.3 is 0 Å². The Morgan fingerprint density at radius 3 is 2.72 bits per heavy atom. The summed E-state index contributed by atoms with van der Waals surface area (Å²) in [5, 5.41) is 6.92. The SMILES string of the molecule is CC1(C)O[C@@H]2[C@H](O1)[C@H]1C[C@H]2N(c2cc(Cc3n[nH]c(=O)c4c3CCCC4)ccc2F)C1=O. The summed E-state index contributed by atoms with van der Waals surface area (Å²) >= 11 is 0. The van der Waals surface area contributed by atoms with Gasteiger partial charge in [-0.15, -0.1) is 0 Å². The summed E-state index contributed by atoms with van der Waals surface area (Å²) in [5.41, 5.74) is 3.68. The molecule has 2 aromatic rings. The van der Waals surface area contributed by atoms with E-state index in [1.807, 2.05) is 13.8 Å². The maximum atomic E-state index is 15.0. The van der Waals surface area contributed by atoms with E-state index in [2.05, 4.69) is 10.2 Å². The molecule has 4 aliphatic rings. The highest BCUT2D eigenvalue weighted by Crippen LogP contribution is 2.50. The van der Waals surface area contributed by atoms with Gasteiger partial charge in [0.1, 0.15) is 18.0 Å². The minimum atomic E-state index is -0.738. The molecule has 1 aromatic carbocycles. The van der Waals surface area contributed by atoms with Crippen LogP contribution in [0.25, 0.3) is 0 Å². The second-order valence-corrected chi connectivity index (χ2v) is 9.81. The molecule has 1 N–H and O–H groups in total. The Bertz CT molecular complexity index is 1180. The van der Waals surface area contributed by atoms with E-state index in [4.69, 9.17) is 9.47 Å². The van der Waals surface area contributed by atoms with Crippen LogP contribution >= 0.6 is 0 Å². The van der Waals surface area contributed by atoms with Crippen LogP contribution in [0.15, 0.2) is 23.0 Å². The van der Waals surface area contributed by atoms with Gasteiger partial charge in [0.25, 0.3) is 5.56 Å². The average molecular weight is 439 g/mol. The summed E-state index contributed by atoms with van der Waals surface area (Å²) in [6, 6.07) is 4.64. The molecule has 3 fully saturated rings. The summed E-state index contributed by atoms with van der Waals surface area (Å²) in [6.07, 6.45) is 4.22. The Balaban J connectivity index is 1.33. The Kier molecular flexibility index (Phi) is 4.36. The number of hydrogen-bond acceptors (Lipinski definition) is 5. The highest BCUT2D eigenvalue weighted by Gasteiger charge is 2.64. The average Bonchev–Trinajstić information content (AvgIpc) is 3.38. The highest BCUT2D eigenvalue weighted by molar-refractivity contribution is 6.00. The number of ether oxygens (including phenoxy) is 2. The molecule has 0 spiro atoms. The quantitative estimate of drug-likeness (QED) is 0.795. The van der Waals surface area contributed by atoms with E-state index < -0.39 is 11.6 Å². The normalized spacial score (nSPS) is 30.0. The third-order valence-electron chi connectivity index (χ3n) is 7.35. The molecule has 2 aliphatic heterocycles. The number of amides is 1. The second kappa shape index (κ2) is 6.96. The van der Waals surface area contributed by atoms with Gasteiger partial charge in [-0.2, -0.15) is 5.10 Å². The van der Waals surface area contributed by atoms with Gasteiger partial charge in [-0.05, 0) is 69.2 Å². The number of carbonyl (C=O) groups excluding carboxylic acids is 1. The fourth-order valence-corrected chi connectivity index (χ4v) is 6.01. The lowest BCUT2D eigenvalue weighted by Crippen LogP contribution is -2.50. The third-order valence-corrected chi connectivity index (χ3v) is 7.35. The van der Waals surface area contributed by atoms with Crippen molar-refractivity contribution in [3.8, 4) is 0 Å². The number of piperidine rings is 1. The first kappa shape index (κ1) is 20.1. The molecule has 1 saturated carbocycles. The van der Waals surface area contributed by atoms with Crippen molar-refractivity contribution in [2.45, 2.75) is 76.4 Å². The van der Waals surface area contributed by atoms with E-state index in [1.54, 1.807) is 17.0 Å². The summed E-state index contributed by atoms with van der Waals surface area (Å²) in [5.74, 6) is -1.57. The van der Waals surface area contributed by atoms with E-state index in [1.165, 1.54) is 6.07 Å². The van der Waals surface area contributed by atoms with Crippen LogP contribution in [0, 0.1) is 11.7 Å². The third kappa shape index (κ3) is 2.96. The molecule has 7 nitrogen and oxygen atoms in total. The Labute approximate surface area is 184 Å². The molecule has 0 unspecified atom stereocenters. The van der Waals surface area contributed by atoms with Crippen LogP contribution in [-0.2, 0) is 33.5 Å². The smallest absolute Gasteiger partial charge is 0.267 e. The molecule has 0 radical (unpaired) electrons. The number of rotatable bonds is 3. The lowest BCUT2D eigenvalue weighted by molar-refractivity contribution is -0.155. The monoisotopic (exact) mass is 439 g/mol. The first-order chi connectivity index (χ1) is 15.3. The van der Waals surface area contributed by atoms with Gasteiger partial charge in [-0.25, -0.2) is 9.49 Å². The molecule has 3 heterocycles. The van der Waals surface area contributed by atoms with Crippen molar-refractivity contribution in [1.29, 1.82) is 0 Å². The number of anilines is 1. The van der Waals surface area contributed by atoms with E-state index in [-0.39, 0.29) is 41.3 Å². The number of aromatic amines is 1. The number of hydrogen-bond donors (Lipinski definition) is 1. The van der Waals surface area contributed by atoms with E-state index >= 15 is 0 Å². The predicted octanol–water partition coefficient (Wildman–Crippen LogP) is 2.63. The van der Waals surface area contributed by atoms with Crippen LogP contribution in [0.4, 0.5) is 10.1 Å². The van der Waals surface area contributed by atoms with Gasteiger partial charge in [-0.1, -0.05) is 6.07 Å². The maximum absolute atomic E-state index is 15.0. The number of H-pyrrole nitrogens is 1. The van der Waals surface area contributed by atoms with Crippen LogP contribution in [0.2, 0.25) is 0 Å². The van der Waals surface area contributed by atoms with Crippen LogP contribution in [0.1, 0.15) is 55.5 Å². The minimum Gasteiger partial charge on any atom is -0.344 e. The first-order valence-electron chi connectivity index (χ1n) is 11.4. The number of benzene rings is 1. The number of fused-ring (bicyclic) bond motifs is 6. The van der Waals surface area contributed by atoms with Crippen LogP contribution in [0.3, 0.4) is 0 Å². The molecule has 2 aliphatic carbocycles. The van der Waals surface area contributed by atoms with Gasteiger partial charge in [0.15, 0.2) is 5.79 Å². The summed E-state index contributed by atoms with van der Waals surface area (Å²) in [7, 11) is 0. The van der Waals surface area contributed by atoms with E-state index in [0.717, 1.165) is 48.1 Å². The fourth-order valence-electron chi connectivity index (χ4n) is 6.01. The summed E-state index contributed by atoms with van der Waals surface area (Å²) in [4.78, 5) is 26.9. The standard InChI is InChI=1S/C24H26FN3O4/c1-24(2)31-20-15-11-19(21(20)32-24)28(23(15)30)18-10-12(7-8-16(18)25)9-17-13-5-3-4-6-14(13)22(29)27-26-17/h7-8,10,15,19-21H,3-6,9,11H2,1-2H3,(H,27,29)/t15-,19-,20-,21+/m1/s1. The van der Waals surface area contributed by atoms with Crippen molar-refractivity contribution in [2.24, 2.45) is 5.92 Å². The van der Waals surface area contributed by atoms with Crippen LogP contribution in [0.5, 0.6) is 0 Å². The largest absolute Gasteiger partial charge is 0.344 e. The second-order valence-electron chi connectivity index (χ2n) is 9.81. The molecule has 1 aromatic heterocycles. The summed E-state index contributed by atoms with van der Waals surface area (Å²) in [6.45, 7) is 3.69.